The summed E-state index contributed by atoms with van der Waals surface area (Å²) in [5.74, 6) is 1.92. The second kappa shape index (κ2) is 2.58. The molecule has 1 aliphatic carbocycles. The highest BCUT2D eigenvalue weighted by atomic mass is 32.1. The molecule has 68 valence electrons. The molecule has 2 unspecified atom stereocenters. The Morgan fingerprint density at radius 3 is 2.85 bits per heavy atom. The smallest absolute Gasteiger partial charge is 0.160 e. The highest BCUT2D eigenvalue weighted by molar-refractivity contribution is 7.12. The molecular weight excluding hydrogens is 182 g/mol. The zero-order valence-electron chi connectivity index (χ0n) is 7.27. The van der Waals surface area contributed by atoms with Crippen LogP contribution >= 0.6 is 11.3 Å². The van der Waals surface area contributed by atoms with Crippen LogP contribution in [0, 0.1) is 11.8 Å². The molecule has 3 rings (SSSR count). The van der Waals surface area contributed by atoms with E-state index in [0.29, 0.717) is 0 Å². The molecule has 0 bridgehead atoms. The number of carbonyl (C=O) groups is 1. The highest BCUT2D eigenvalue weighted by Gasteiger charge is 2.45. The van der Waals surface area contributed by atoms with Crippen LogP contribution in [0.1, 0.15) is 16.1 Å². The third kappa shape index (κ3) is 1.18. The molecule has 0 spiro atoms. The van der Waals surface area contributed by atoms with Gasteiger partial charge >= 0.3 is 0 Å². The highest BCUT2D eigenvalue weighted by Crippen LogP contribution is 2.46. The molecule has 13 heavy (non-hydrogen) atoms. The number of rotatable bonds is 2. The Balaban J connectivity index is 1.80. The molecule has 1 saturated heterocycles. The van der Waals surface area contributed by atoms with Gasteiger partial charge in [-0.3, -0.25) is 4.79 Å². The van der Waals surface area contributed by atoms with Crippen LogP contribution in [0.25, 0.3) is 0 Å². The molecule has 0 aromatic carbocycles. The van der Waals surface area contributed by atoms with Gasteiger partial charge in [-0.1, -0.05) is 0 Å². The molecule has 0 N–H and O–H groups in total. The maximum absolute atomic E-state index is 10.5. The average molecular weight is 193 g/mol. The van der Waals surface area contributed by atoms with Crippen molar-refractivity contribution in [2.75, 3.05) is 18.0 Å². The number of aldehydes is 1. The van der Waals surface area contributed by atoms with E-state index in [1.54, 1.807) is 11.3 Å². The van der Waals surface area contributed by atoms with Crippen LogP contribution in [0.15, 0.2) is 11.4 Å². The lowest BCUT2D eigenvalue weighted by Gasteiger charge is -2.17. The van der Waals surface area contributed by atoms with Crippen LogP contribution in [0.4, 0.5) is 5.69 Å². The van der Waals surface area contributed by atoms with Gasteiger partial charge in [0.25, 0.3) is 0 Å². The standard InChI is InChI=1S/C10H11NOS/c12-5-10-2-9(6-13-10)11-3-7-1-8(7)4-11/h2,5-8H,1,3-4H2. The number of hydrogen-bond donors (Lipinski definition) is 0. The first-order chi connectivity index (χ1) is 6.36. The third-order valence-corrected chi connectivity index (χ3v) is 3.91. The van der Waals surface area contributed by atoms with Gasteiger partial charge in [0.05, 0.1) is 4.88 Å². The zero-order valence-corrected chi connectivity index (χ0v) is 8.09. The third-order valence-electron chi connectivity index (χ3n) is 3.07. The Bertz CT molecular complexity index is 336. The van der Waals surface area contributed by atoms with Gasteiger partial charge < -0.3 is 4.90 Å². The molecule has 0 radical (unpaired) electrons. The van der Waals surface area contributed by atoms with Crippen LogP contribution in [-0.2, 0) is 0 Å². The number of hydrogen-bond acceptors (Lipinski definition) is 3. The lowest BCUT2D eigenvalue weighted by Crippen LogP contribution is -2.20. The molecule has 1 saturated carbocycles. The summed E-state index contributed by atoms with van der Waals surface area (Å²) in [6, 6.07) is 2.00. The van der Waals surface area contributed by atoms with Crippen molar-refractivity contribution >= 4 is 23.3 Å². The molecule has 1 aromatic rings. The molecule has 1 aliphatic heterocycles. The number of anilines is 1. The maximum Gasteiger partial charge on any atom is 0.160 e. The lowest BCUT2D eigenvalue weighted by atomic mass is 10.3. The van der Waals surface area contributed by atoms with E-state index >= 15 is 0 Å². The van der Waals surface area contributed by atoms with Crippen LogP contribution in [-0.4, -0.2) is 19.4 Å². The van der Waals surface area contributed by atoms with Crippen molar-refractivity contribution in [3.63, 3.8) is 0 Å². The van der Waals surface area contributed by atoms with E-state index in [-0.39, 0.29) is 0 Å². The molecule has 3 heteroatoms. The van der Waals surface area contributed by atoms with Gasteiger partial charge in [-0.15, -0.1) is 11.3 Å². The minimum atomic E-state index is 0.843. The van der Waals surface area contributed by atoms with E-state index in [2.05, 4.69) is 10.3 Å². The first-order valence-corrected chi connectivity index (χ1v) is 5.53. The Labute approximate surface area is 81.2 Å². The van der Waals surface area contributed by atoms with E-state index in [4.69, 9.17) is 0 Å². The minimum Gasteiger partial charge on any atom is -0.370 e. The van der Waals surface area contributed by atoms with Crippen molar-refractivity contribution in [3.05, 3.63) is 16.3 Å². The quantitative estimate of drug-likeness (QED) is 0.670. The summed E-state index contributed by atoms with van der Waals surface area (Å²) in [5, 5.41) is 2.09. The van der Waals surface area contributed by atoms with Crippen LogP contribution in [0.5, 0.6) is 0 Å². The zero-order chi connectivity index (χ0) is 8.84. The molecule has 1 aromatic heterocycles. The van der Waals surface area contributed by atoms with Crippen molar-refractivity contribution in [1.82, 2.24) is 0 Å². The molecule has 2 nitrogen and oxygen atoms in total. The Morgan fingerprint density at radius 2 is 2.23 bits per heavy atom. The summed E-state index contributed by atoms with van der Waals surface area (Å²) < 4.78 is 0. The number of fused-ring (bicyclic) bond motifs is 1. The molecular formula is C10H11NOS. The summed E-state index contributed by atoms with van der Waals surface area (Å²) in [4.78, 5) is 13.7. The average Bonchev–Trinajstić information content (AvgIpc) is 2.67. The van der Waals surface area contributed by atoms with Gasteiger partial charge in [0.15, 0.2) is 6.29 Å². The summed E-state index contributed by atoms with van der Waals surface area (Å²) in [7, 11) is 0. The monoisotopic (exact) mass is 193 g/mol. The molecule has 2 heterocycles. The topological polar surface area (TPSA) is 20.3 Å². The first-order valence-electron chi connectivity index (χ1n) is 4.65. The van der Waals surface area contributed by atoms with Crippen molar-refractivity contribution in [2.24, 2.45) is 11.8 Å². The predicted molar refractivity (Wildman–Crippen MR) is 53.5 cm³/mol. The van der Waals surface area contributed by atoms with E-state index in [0.717, 1.165) is 23.0 Å². The van der Waals surface area contributed by atoms with Gasteiger partial charge in [0.2, 0.25) is 0 Å². The SMILES string of the molecule is O=Cc1cc(N2CC3CC3C2)cs1. The van der Waals surface area contributed by atoms with Gasteiger partial charge in [-0.25, -0.2) is 0 Å². The van der Waals surface area contributed by atoms with Gasteiger partial charge in [0.1, 0.15) is 0 Å². The van der Waals surface area contributed by atoms with Crippen molar-refractivity contribution in [3.8, 4) is 0 Å². The first kappa shape index (κ1) is 7.56. The van der Waals surface area contributed by atoms with Crippen LogP contribution < -0.4 is 4.90 Å². The minimum absolute atomic E-state index is 0.843. The number of carbonyl (C=O) groups excluding carboxylic acids is 1. The van der Waals surface area contributed by atoms with Gasteiger partial charge in [-0.2, -0.15) is 0 Å². The number of nitrogens with zero attached hydrogens (tertiary/aromatic N) is 1. The second-order valence-corrected chi connectivity index (χ2v) is 4.93. The normalized spacial score (nSPS) is 30.3. The fraction of sp³-hybridized carbons (Fsp3) is 0.500. The summed E-state index contributed by atoms with van der Waals surface area (Å²) in [6.07, 6.45) is 2.37. The molecule has 2 fully saturated rings. The summed E-state index contributed by atoms with van der Waals surface area (Å²) >= 11 is 1.54. The summed E-state index contributed by atoms with van der Waals surface area (Å²) in [5.41, 5.74) is 1.25. The predicted octanol–water partition coefficient (Wildman–Crippen LogP) is 2.02. The Hall–Kier alpha value is -0.830. The van der Waals surface area contributed by atoms with Gasteiger partial charge in [-0.05, 0) is 24.3 Å². The Kier molecular flexibility index (Phi) is 1.50. The van der Waals surface area contributed by atoms with E-state index < -0.39 is 0 Å². The Morgan fingerprint density at radius 1 is 1.46 bits per heavy atom. The maximum atomic E-state index is 10.5. The van der Waals surface area contributed by atoms with Crippen molar-refractivity contribution in [1.29, 1.82) is 0 Å². The number of piperidine rings is 1. The second-order valence-electron chi connectivity index (χ2n) is 3.99. The van der Waals surface area contributed by atoms with E-state index in [1.807, 2.05) is 6.07 Å². The fourth-order valence-electron chi connectivity index (χ4n) is 2.18. The van der Waals surface area contributed by atoms with E-state index in [1.165, 1.54) is 25.2 Å². The largest absolute Gasteiger partial charge is 0.370 e. The van der Waals surface area contributed by atoms with Crippen LogP contribution in [0.2, 0.25) is 0 Å². The lowest BCUT2D eigenvalue weighted by molar-refractivity contribution is 0.112. The van der Waals surface area contributed by atoms with E-state index in [9.17, 15) is 4.79 Å². The van der Waals surface area contributed by atoms with Gasteiger partial charge in [0, 0.05) is 24.2 Å². The molecule has 2 atom stereocenters. The number of thiophene rings is 1. The summed E-state index contributed by atoms with van der Waals surface area (Å²) in [6.45, 7) is 2.42. The fourth-order valence-corrected chi connectivity index (χ4v) is 2.90. The molecule has 2 aliphatic rings. The van der Waals surface area contributed by atoms with Crippen molar-refractivity contribution in [2.45, 2.75) is 6.42 Å². The molecule has 0 amide bonds. The van der Waals surface area contributed by atoms with Crippen LogP contribution in [0.3, 0.4) is 0 Å². The van der Waals surface area contributed by atoms with Crippen molar-refractivity contribution < 1.29 is 4.79 Å².